The number of carbonyl (C=O) groups is 1. The molecule has 150 valence electrons. The highest BCUT2D eigenvalue weighted by atomic mass is 35.5. The van der Waals surface area contributed by atoms with E-state index >= 15 is 0 Å². The first-order valence-electron chi connectivity index (χ1n) is 8.77. The lowest BCUT2D eigenvalue weighted by atomic mass is 9.98. The Labute approximate surface area is 188 Å². The highest BCUT2D eigenvalue weighted by molar-refractivity contribution is 6.42. The van der Waals surface area contributed by atoms with E-state index in [4.69, 9.17) is 34.8 Å². The van der Waals surface area contributed by atoms with Crippen molar-refractivity contribution in [1.29, 1.82) is 5.26 Å². The Morgan fingerprint density at radius 2 is 1.83 bits per heavy atom. The summed E-state index contributed by atoms with van der Waals surface area (Å²) in [5.41, 5.74) is 2.42. The van der Waals surface area contributed by atoms with Crippen LogP contribution in [0.4, 0.5) is 10.1 Å². The molecule has 3 aromatic carbocycles. The van der Waals surface area contributed by atoms with Crippen molar-refractivity contribution in [3.8, 4) is 6.07 Å². The molecule has 0 aliphatic rings. The fourth-order valence-electron chi connectivity index (χ4n) is 2.80. The van der Waals surface area contributed by atoms with Gasteiger partial charge in [0.1, 0.15) is 17.5 Å². The summed E-state index contributed by atoms with van der Waals surface area (Å²) in [6.07, 6.45) is 1.86. The molecule has 0 saturated heterocycles. The fraction of sp³-hybridized carbons (Fsp3) is 0.0435. The summed E-state index contributed by atoms with van der Waals surface area (Å²) in [7, 11) is 0. The van der Waals surface area contributed by atoms with Gasteiger partial charge in [-0.25, -0.2) is 4.39 Å². The SMILES string of the molecule is N#C/C(=C\c1cc(Cl)ccc1Cc1cccc(F)c1)C(=O)Nc1ccc(Cl)c(Cl)c1. The van der Waals surface area contributed by atoms with Crippen LogP contribution >= 0.6 is 34.8 Å². The molecule has 0 fully saturated rings. The van der Waals surface area contributed by atoms with E-state index in [9.17, 15) is 14.4 Å². The van der Waals surface area contributed by atoms with Crippen molar-refractivity contribution in [2.45, 2.75) is 6.42 Å². The van der Waals surface area contributed by atoms with Gasteiger partial charge >= 0.3 is 0 Å². The molecule has 3 rings (SSSR count). The lowest BCUT2D eigenvalue weighted by molar-refractivity contribution is -0.112. The Bertz CT molecular complexity index is 1190. The van der Waals surface area contributed by atoms with E-state index < -0.39 is 5.91 Å². The van der Waals surface area contributed by atoms with E-state index in [-0.39, 0.29) is 16.4 Å². The Hall–Kier alpha value is -2.84. The summed E-state index contributed by atoms with van der Waals surface area (Å²) < 4.78 is 13.5. The molecule has 0 aliphatic carbocycles. The van der Waals surface area contributed by atoms with Crippen molar-refractivity contribution in [1.82, 2.24) is 0 Å². The molecule has 0 bridgehead atoms. The molecule has 0 atom stereocenters. The van der Waals surface area contributed by atoms with Gasteiger partial charge in [-0.3, -0.25) is 4.79 Å². The third kappa shape index (κ3) is 5.61. The molecule has 0 heterocycles. The predicted molar refractivity (Wildman–Crippen MR) is 119 cm³/mol. The van der Waals surface area contributed by atoms with E-state index in [0.717, 1.165) is 11.1 Å². The molecule has 7 heteroatoms. The molecule has 0 unspecified atom stereocenters. The van der Waals surface area contributed by atoms with Crippen LogP contribution in [0.3, 0.4) is 0 Å². The van der Waals surface area contributed by atoms with Crippen LogP contribution in [0.2, 0.25) is 15.1 Å². The molecule has 0 spiro atoms. The average molecular weight is 460 g/mol. The molecule has 0 radical (unpaired) electrons. The van der Waals surface area contributed by atoms with E-state index in [0.29, 0.717) is 27.7 Å². The minimum atomic E-state index is -0.604. The molecule has 3 nitrogen and oxygen atoms in total. The van der Waals surface area contributed by atoms with Crippen LogP contribution in [-0.4, -0.2) is 5.91 Å². The molecule has 0 aliphatic heterocycles. The number of nitrogens with one attached hydrogen (secondary N) is 1. The zero-order valence-corrected chi connectivity index (χ0v) is 17.7. The number of halogens is 4. The largest absolute Gasteiger partial charge is 0.321 e. The zero-order valence-electron chi connectivity index (χ0n) is 15.4. The van der Waals surface area contributed by atoms with Crippen molar-refractivity contribution >= 4 is 52.5 Å². The molecule has 0 aromatic heterocycles. The molecule has 1 amide bonds. The Morgan fingerprint density at radius 1 is 1.03 bits per heavy atom. The van der Waals surface area contributed by atoms with E-state index in [1.54, 1.807) is 42.5 Å². The van der Waals surface area contributed by atoms with Gasteiger partial charge in [0, 0.05) is 10.7 Å². The molecular formula is C23H14Cl3FN2O. The molecular weight excluding hydrogens is 446 g/mol. The smallest absolute Gasteiger partial charge is 0.266 e. The quantitative estimate of drug-likeness (QED) is 0.332. The molecule has 3 aromatic rings. The number of rotatable bonds is 5. The topological polar surface area (TPSA) is 52.9 Å². The van der Waals surface area contributed by atoms with E-state index in [1.165, 1.54) is 24.3 Å². The number of hydrogen-bond donors (Lipinski definition) is 1. The zero-order chi connectivity index (χ0) is 21.7. The van der Waals surface area contributed by atoms with Gasteiger partial charge in [-0.15, -0.1) is 0 Å². The lowest BCUT2D eigenvalue weighted by Gasteiger charge is -2.09. The number of benzene rings is 3. The monoisotopic (exact) mass is 458 g/mol. The van der Waals surface area contributed by atoms with Crippen LogP contribution in [0.5, 0.6) is 0 Å². The summed E-state index contributed by atoms with van der Waals surface area (Å²) >= 11 is 18.0. The second-order valence-electron chi connectivity index (χ2n) is 6.40. The summed E-state index contributed by atoms with van der Waals surface area (Å²) in [5, 5.41) is 13.2. The third-order valence-electron chi connectivity index (χ3n) is 4.23. The van der Waals surface area contributed by atoms with Gasteiger partial charge in [0.15, 0.2) is 0 Å². The van der Waals surface area contributed by atoms with E-state index in [1.807, 2.05) is 6.07 Å². The van der Waals surface area contributed by atoms with E-state index in [2.05, 4.69) is 5.32 Å². The first-order chi connectivity index (χ1) is 14.4. The van der Waals surface area contributed by atoms with Gasteiger partial charge in [-0.05, 0) is 71.7 Å². The highest BCUT2D eigenvalue weighted by Gasteiger charge is 2.13. The van der Waals surface area contributed by atoms with Crippen molar-refractivity contribution < 1.29 is 9.18 Å². The molecule has 1 N–H and O–H groups in total. The summed E-state index contributed by atoms with van der Waals surface area (Å²) in [6.45, 7) is 0. The van der Waals surface area contributed by atoms with Crippen molar-refractivity contribution in [2.24, 2.45) is 0 Å². The van der Waals surface area contributed by atoms with Crippen molar-refractivity contribution in [3.05, 3.63) is 104 Å². The van der Waals surface area contributed by atoms with Crippen LogP contribution in [0.15, 0.2) is 66.2 Å². The summed E-state index contributed by atoms with van der Waals surface area (Å²) in [6, 6.07) is 17.9. The standard InChI is InChI=1S/C23H14Cl3FN2O/c24-18-5-4-15(8-14-2-1-3-19(27)9-14)16(11-18)10-17(13-28)23(30)29-20-6-7-21(25)22(26)12-20/h1-7,9-12H,8H2,(H,29,30)/b17-10+. The highest BCUT2D eigenvalue weighted by Crippen LogP contribution is 2.26. The second-order valence-corrected chi connectivity index (χ2v) is 7.65. The van der Waals surface area contributed by atoms with Crippen molar-refractivity contribution in [3.63, 3.8) is 0 Å². The maximum Gasteiger partial charge on any atom is 0.266 e. The minimum absolute atomic E-state index is 0.121. The first-order valence-corrected chi connectivity index (χ1v) is 9.90. The Kier molecular flexibility index (Phi) is 7.12. The summed E-state index contributed by atoms with van der Waals surface area (Å²) in [4.78, 5) is 12.6. The number of anilines is 1. The van der Waals surface area contributed by atoms with Crippen LogP contribution in [0, 0.1) is 17.1 Å². The number of carbonyl (C=O) groups excluding carboxylic acids is 1. The number of hydrogen-bond acceptors (Lipinski definition) is 2. The Balaban J connectivity index is 1.90. The number of nitriles is 1. The third-order valence-corrected chi connectivity index (χ3v) is 5.21. The van der Waals surface area contributed by atoms with Crippen LogP contribution < -0.4 is 5.32 Å². The van der Waals surface area contributed by atoms with Crippen LogP contribution in [0.25, 0.3) is 6.08 Å². The van der Waals surface area contributed by atoms with Gasteiger partial charge in [-0.1, -0.05) is 53.0 Å². The van der Waals surface area contributed by atoms with Gasteiger partial charge in [0.2, 0.25) is 0 Å². The van der Waals surface area contributed by atoms with Crippen molar-refractivity contribution in [2.75, 3.05) is 5.32 Å². The first kappa shape index (κ1) is 21.9. The van der Waals surface area contributed by atoms with Crippen LogP contribution in [0.1, 0.15) is 16.7 Å². The van der Waals surface area contributed by atoms with Gasteiger partial charge < -0.3 is 5.32 Å². The minimum Gasteiger partial charge on any atom is -0.321 e. The lowest BCUT2D eigenvalue weighted by Crippen LogP contribution is -2.13. The second kappa shape index (κ2) is 9.77. The summed E-state index contributed by atoms with van der Waals surface area (Å²) in [5.74, 6) is -0.940. The van der Waals surface area contributed by atoms with Gasteiger partial charge in [-0.2, -0.15) is 5.26 Å². The predicted octanol–water partition coefficient (Wildman–Crippen LogP) is 6.92. The van der Waals surface area contributed by atoms with Crippen LogP contribution in [-0.2, 0) is 11.2 Å². The Morgan fingerprint density at radius 3 is 2.53 bits per heavy atom. The molecule has 30 heavy (non-hydrogen) atoms. The van der Waals surface area contributed by atoms with Gasteiger partial charge in [0.25, 0.3) is 5.91 Å². The maximum absolute atomic E-state index is 13.5. The number of nitrogens with zero attached hydrogens (tertiary/aromatic N) is 1. The maximum atomic E-state index is 13.5. The molecule has 0 saturated carbocycles. The number of amides is 1. The normalized spacial score (nSPS) is 11.1. The van der Waals surface area contributed by atoms with Gasteiger partial charge in [0.05, 0.1) is 10.0 Å². The fourth-order valence-corrected chi connectivity index (χ4v) is 3.28. The average Bonchev–Trinajstić information content (AvgIpc) is 2.70.